The van der Waals surface area contributed by atoms with Crippen molar-refractivity contribution in [1.82, 2.24) is 15.0 Å². The molecule has 0 radical (unpaired) electrons. The lowest BCUT2D eigenvalue weighted by Crippen LogP contribution is -2.16. The molecule has 0 aliphatic rings. The molecule has 0 atom stereocenters. The third-order valence-electron chi connectivity index (χ3n) is 6.80. The highest BCUT2D eigenvalue weighted by Crippen LogP contribution is 2.31. The van der Waals surface area contributed by atoms with Crippen molar-refractivity contribution < 1.29 is 5.11 Å². The summed E-state index contributed by atoms with van der Waals surface area (Å²) >= 11 is 1.53. The van der Waals surface area contributed by atoms with Crippen LogP contribution in [0.2, 0.25) is 0 Å². The number of aliphatic hydroxyl groups is 1. The van der Waals surface area contributed by atoms with Crippen molar-refractivity contribution in [2.45, 2.75) is 120 Å². The second kappa shape index (κ2) is 23.6. The third-order valence-corrected chi connectivity index (χ3v) is 7.67. The molecule has 0 spiro atoms. The third kappa shape index (κ3) is 14.3. The number of H-pyrrole nitrogens is 1. The molecule has 3 aromatic heterocycles. The summed E-state index contributed by atoms with van der Waals surface area (Å²) in [5.74, 6) is 1.23. The number of pyridine rings is 1. The van der Waals surface area contributed by atoms with Crippen LogP contribution < -0.4 is 10.6 Å². The Morgan fingerprint density at radius 3 is 2.19 bits per heavy atom. The number of hydrogen-bond donors (Lipinski definition) is 2. The normalized spacial score (nSPS) is 11.2. The molecule has 42 heavy (non-hydrogen) atoms. The van der Waals surface area contributed by atoms with E-state index in [4.69, 9.17) is 4.98 Å². The molecular formula is C37H59N3OS. The number of unbranched alkanes of at least 4 members (excludes halogenated alkanes) is 3. The number of aromatic nitrogens is 3. The van der Waals surface area contributed by atoms with Gasteiger partial charge in [-0.2, -0.15) is 0 Å². The lowest BCUT2D eigenvalue weighted by atomic mass is 9.96. The molecule has 4 nitrogen and oxygen atoms in total. The maximum Gasteiger partial charge on any atom is 0.126 e. The van der Waals surface area contributed by atoms with E-state index in [1.54, 1.807) is 19.2 Å². The minimum absolute atomic E-state index is 0.226. The predicted octanol–water partition coefficient (Wildman–Crippen LogP) is 11.0. The van der Waals surface area contributed by atoms with Gasteiger partial charge in [0.1, 0.15) is 5.01 Å². The van der Waals surface area contributed by atoms with Crippen LogP contribution in [0.1, 0.15) is 124 Å². The minimum atomic E-state index is 0.226. The zero-order chi connectivity index (χ0) is 31.9. The Balaban J connectivity index is 0.000000820. The number of thiazole rings is 1. The van der Waals surface area contributed by atoms with Crippen LogP contribution in [0.5, 0.6) is 0 Å². The van der Waals surface area contributed by atoms with Crippen LogP contribution in [0.15, 0.2) is 42.6 Å². The fourth-order valence-electron chi connectivity index (χ4n) is 3.91. The first-order chi connectivity index (χ1) is 20.2. The van der Waals surface area contributed by atoms with Crippen LogP contribution in [0, 0.1) is 12.8 Å². The number of nitrogens with one attached hydrogen (secondary N) is 1. The Hall–Kier alpha value is -2.92. The molecular weight excluding hydrogens is 534 g/mol. The largest absolute Gasteiger partial charge is 0.512 e. The topological polar surface area (TPSA) is 61.8 Å². The molecule has 234 valence electrons. The molecule has 0 bridgehead atoms. The molecule has 3 heterocycles. The maximum absolute atomic E-state index is 9.71. The zero-order valence-corrected chi connectivity index (χ0v) is 29.0. The van der Waals surface area contributed by atoms with Gasteiger partial charge in [0.2, 0.25) is 0 Å². The van der Waals surface area contributed by atoms with Crippen LogP contribution in [0.3, 0.4) is 0 Å². The van der Waals surface area contributed by atoms with E-state index in [1.165, 1.54) is 69.1 Å². The lowest BCUT2D eigenvalue weighted by Gasteiger charge is -2.10. The number of allylic oxidation sites excluding steroid dienone is 2. The van der Waals surface area contributed by atoms with Gasteiger partial charge in [-0.05, 0) is 25.8 Å². The average Bonchev–Trinajstić information content (AvgIpc) is 3.62. The molecule has 3 aromatic rings. The number of aliphatic hydroxyl groups excluding tert-OH is 1. The Morgan fingerprint density at radius 2 is 1.67 bits per heavy atom. The second-order valence-corrected chi connectivity index (χ2v) is 11.4. The summed E-state index contributed by atoms with van der Waals surface area (Å²) in [4.78, 5) is 12.3. The quantitative estimate of drug-likeness (QED) is 0.172. The Bertz CT molecular complexity index is 1260. The van der Waals surface area contributed by atoms with Crippen molar-refractivity contribution in [3.8, 4) is 21.8 Å². The van der Waals surface area contributed by atoms with Crippen LogP contribution in [0.25, 0.3) is 40.2 Å². The van der Waals surface area contributed by atoms with Crippen molar-refractivity contribution in [1.29, 1.82) is 0 Å². The van der Waals surface area contributed by atoms with Crippen molar-refractivity contribution >= 4 is 29.8 Å². The first kappa shape index (κ1) is 39.1. The van der Waals surface area contributed by atoms with Gasteiger partial charge in [-0.1, -0.05) is 138 Å². The van der Waals surface area contributed by atoms with E-state index < -0.39 is 0 Å². The monoisotopic (exact) mass is 593 g/mol. The highest BCUT2D eigenvalue weighted by atomic mass is 32.1. The van der Waals surface area contributed by atoms with Gasteiger partial charge < -0.3 is 10.1 Å². The van der Waals surface area contributed by atoms with Crippen molar-refractivity contribution in [2.24, 2.45) is 5.92 Å². The van der Waals surface area contributed by atoms with E-state index in [9.17, 15) is 5.11 Å². The Kier molecular flexibility index (Phi) is 22.0. The van der Waals surface area contributed by atoms with E-state index in [2.05, 4.69) is 71.6 Å². The molecule has 0 unspecified atom stereocenters. The summed E-state index contributed by atoms with van der Waals surface area (Å²) < 4.78 is 0. The van der Waals surface area contributed by atoms with Gasteiger partial charge in [0.15, 0.2) is 0 Å². The van der Waals surface area contributed by atoms with Crippen molar-refractivity contribution in [3.05, 3.63) is 64.4 Å². The number of aryl methyl sites for hydroxylation is 1. The smallest absolute Gasteiger partial charge is 0.126 e. The summed E-state index contributed by atoms with van der Waals surface area (Å²) in [7, 11) is 0. The molecule has 5 heteroatoms. The van der Waals surface area contributed by atoms with Gasteiger partial charge in [0.25, 0.3) is 0 Å². The van der Waals surface area contributed by atoms with E-state index >= 15 is 0 Å². The van der Waals surface area contributed by atoms with Crippen LogP contribution in [-0.2, 0) is 0 Å². The molecule has 0 aliphatic carbocycles. The average molecular weight is 594 g/mol. The molecule has 0 aromatic carbocycles. The summed E-state index contributed by atoms with van der Waals surface area (Å²) in [5.41, 5.74) is 4.94. The number of nitrogens with zero attached hydrogens (tertiary/aromatic N) is 2. The molecule has 0 saturated heterocycles. The van der Waals surface area contributed by atoms with E-state index in [1.807, 2.05) is 36.7 Å². The summed E-state index contributed by atoms with van der Waals surface area (Å²) in [5, 5.41) is 13.9. The Labute approximate surface area is 261 Å². The molecule has 0 aliphatic heterocycles. The summed E-state index contributed by atoms with van der Waals surface area (Å²) in [6, 6.07) is 1.87. The second-order valence-electron chi connectivity index (χ2n) is 10.6. The molecule has 0 amide bonds. The van der Waals surface area contributed by atoms with E-state index in [0.717, 1.165) is 39.0 Å². The van der Waals surface area contributed by atoms with Gasteiger partial charge in [0.05, 0.1) is 16.8 Å². The molecule has 0 saturated carbocycles. The Morgan fingerprint density at radius 1 is 1.02 bits per heavy atom. The standard InChI is InChI=1S/C20H19N3OS.C10H22.C4H10.C3H8/c1-5-6-7-16-12(2)22-10-18(16)19-11-25-20(23-19)17-8-15(14(4)24)9-21-13(17)3;1-4-7-8-9-10(5-2)6-3;1-3-4-2;1-3-2/h5-11,22,24H,1,3H2,2,4H3;10H,4-9H2,1-3H3;3-4H2,1-2H3;3H2,1-2H3/b7-6-,15-14+;;;. The first-order valence-electron chi connectivity index (χ1n) is 16.0. The number of rotatable bonds is 11. The van der Waals surface area contributed by atoms with Gasteiger partial charge in [-0.15, -0.1) is 11.3 Å². The predicted molar refractivity (Wildman–Crippen MR) is 190 cm³/mol. The summed E-state index contributed by atoms with van der Waals surface area (Å²) in [6.45, 7) is 26.9. The fourth-order valence-corrected chi connectivity index (χ4v) is 4.76. The van der Waals surface area contributed by atoms with Crippen molar-refractivity contribution in [3.63, 3.8) is 0 Å². The van der Waals surface area contributed by atoms with Gasteiger partial charge in [-0.3, -0.25) is 4.98 Å². The maximum atomic E-state index is 9.71. The van der Waals surface area contributed by atoms with E-state index in [0.29, 0.717) is 10.6 Å². The van der Waals surface area contributed by atoms with Crippen LogP contribution in [-0.4, -0.2) is 20.1 Å². The molecule has 2 N–H and O–H groups in total. The minimum Gasteiger partial charge on any atom is -0.512 e. The molecule has 0 fully saturated rings. The van der Waals surface area contributed by atoms with Crippen LogP contribution in [0.4, 0.5) is 0 Å². The number of aromatic amines is 1. The lowest BCUT2D eigenvalue weighted by molar-refractivity contribution is 0.432. The SMILES string of the molecule is C=C/C=C\c1c(-c2csc(-c3c/c(=C(/C)O)cnc3=C)n2)c[nH]c1C.CCC.CCCC.CCCCCC(CC)CC. The first-order valence-corrected chi connectivity index (χ1v) is 16.8. The fraction of sp³-hybridized carbons (Fsp3) is 0.514. The highest BCUT2D eigenvalue weighted by Gasteiger charge is 2.13. The van der Waals surface area contributed by atoms with Crippen molar-refractivity contribution in [2.75, 3.05) is 0 Å². The van der Waals surface area contributed by atoms with E-state index in [-0.39, 0.29) is 5.76 Å². The van der Waals surface area contributed by atoms with Gasteiger partial charge in [-0.25, -0.2) is 4.98 Å². The summed E-state index contributed by atoms with van der Waals surface area (Å²) in [6.07, 6.45) is 21.6. The van der Waals surface area contributed by atoms with Gasteiger partial charge >= 0.3 is 0 Å². The highest BCUT2D eigenvalue weighted by molar-refractivity contribution is 7.13. The molecule has 3 rings (SSSR count). The van der Waals surface area contributed by atoms with Gasteiger partial charge in [0, 0.05) is 45.4 Å². The number of hydrogen-bond acceptors (Lipinski definition) is 4. The van der Waals surface area contributed by atoms with Crippen LogP contribution >= 0.6 is 11.3 Å². The zero-order valence-electron chi connectivity index (χ0n) is 28.1.